The molecule has 0 saturated carbocycles. The molecule has 1 heterocycles. The summed E-state index contributed by atoms with van der Waals surface area (Å²) in [6.07, 6.45) is 4.85. The zero-order chi connectivity index (χ0) is 15.4. The van der Waals surface area contributed by atoms with E-state index >= 15 is 0 Å². The van der Waals surface area contributed by atoms with Gasteiger partial charge < -0.3 is 9.52 Å². The molecule has 0 aliphatic carbocycles. The van der Waals surface area contributed by atoms with Crippen LogP contribution in [-0.2, 0) is 6.42 Å². The second kappa shape index (κ2) is 6.48. The molecule has 0 spiro atoms. The lowest BCUT2D eigenvalue weighted by Gasteiger charge is -2.03. The first-order valence-corrected chi connectivity index (χ1v) is 7.60. The van der Waals surface area contributed by atoms with Crippen molar-refractivity contribution in [1.82, 2.24) is 4.98 Å². The standard InChI is InChI=1S/C19H19NO2/c1-2-3-4-19-20-18(13-22-19)16-7-5-14(6-8-16)15-9-11-17(21)12-10-15/h5-13,21H,2-4H2,1H3. The molecular formula is C19H19NO2. The van der Waals surface area contributed by atoms with E-state index in [1.54, 1.807) is 18.4 Å². The van der Waals surface area contributed by atoms with E-state index in [0.29, 0.717) is 0 Å². The van der Waals surface area contributed by atoms with Gasteiger partial charge in [-0.3, -0.25) is 0 Å². The second-order valence-electron chi connectivity index (χ2n) is 5.35. The van der Waals surface area contributed by atoms with Crippen LogP contribution >= 0.6 is 0 Å². The number of hydrogen-bond acceptors (Lipinski definition) is 3. The number of phenolic OH excluding ortho intramolecular Hbond substituents is 1. The molecule has 0 aliphatic rings. The number of nitrogens with zero attached hydrogens (tertiary/aromatic N) is 1. The van der Waals surface area contributed by atoms with Gasteiger partial charge in [-0.05, 0) is 29.7 Å². The third-order valence-electron chi connectivity index (χ3n) is 3.68. The van der Waals surface area contributed by atoms with Crippen LogP contribution in [-0.4, -0.2) is 10.1 Å². The number of phenols is 1. The van der Waals surface area contributed by atoms with Gasteiger partial charge in [0.05, 0.1) is 0 Å². The Morgan fingerprint density at radius 3 is 2.14 bits per heavy atom. The van der Waals surface area contributed by atoms with E-state index in [9.17, 15) is 5.11 Å². The van der Waals surface area contributed by atoms with Gasteiger partial charge in [0.1, 0.15) is 17.7 Å². The first kappa shape index (κ1) is 14.4. The van der Waals surface area contributed by atoms with Crippen molar-refractivity contribution >= 4 is 0 Å². The summed E-state index contributed by atoms with van der Waals surface area (Å²) in [6.45, 7) is 2.16. The monoisotopic (exact) mass is 293 g/mol. The fourth-order valence-corrected chi connectivity index (χ4v) is 2.37. The maximum atomic E-state index is 9.34. The zero-order valence-electron chi connectivity index (χ0n) is 12.6. The largest absolute Gasteiger partial charge is 0.508 e. The predicted octanol–water partition coefficient (Wildman–Crippen LogP) is 5.06. The summed E-state index contributed by atoms with van der Waals surface area (Å²) >= 11 is 0. The molecule has 3 heteroatoms. The molecule has 0 unspecified atom stereocenters. The van der Waals surface area contributed by atoms with Gasteiger partial charge in [0.15, 0.2) is 5.89 Å². The summed E-state index contributed by atoms with van der Waals surface area (Å²) < 4.78 is 5.51. The molecular weight excluding hydrogens is 274 g/mol. The average molecular weight is 293 g/mol. The van der Waals surface area contributed by atoms with E-state index in [0.717, 1.165) is 47.5 Å². The number of aromatic nitrogens is 1. The van der Waals surface area contributed by atoms with E-state index in [-0.39, 0.29) is 5.75 Å². The van der Waals surface area contributed by atoms with Crippen LogP contribution in [0.5, 0.6) is 5.75 Å². The molecule has 0 bridgehead atoms. The second-order valence-corrected chi connectivity index (χ2v) is 5.35. The first-order chi connectivity index (χ1) is 10.8. The smallest absolute Gasteiger partial charge is 0.194 e. The number of hydrogen-bond donors (Lipinski definition) is 1. The number of oxazole rings is 1. The molecule has 1 aromatic heterocycles. The maximum Gasteiger partial charge on any atom is 0.194 e. The summed E-state index contributed by atoms with van der Waals surface area (Å²) in [4.78, 5) is 4.53. The normalized spacial score (nSPS) is 10.8. The minimum atomic E-state index is 0.280. The van der Waals surface area contributed by atoms with E-state index in [4.69, 9.17) is 4.42 Å². The zero-order valence-corrected chi connectivity index (χ0v) is 12.6. The van der Waals surface area contributed by atoms with Gasteiger partial charge in [0, 0.05) is 12.0 Å². The van der Waals surface area contributed by atoms with Crippen molar-refractivity contribution in [3.05, 3.63) is 60.7 Å². The fraction of sp³-hybridized carbons (Fsp3) is 0.211. The molecule has 0 aliphatic heterocycles. The molecule has 112 valence electrons. The number of unbranched alkanes of at least 4 members (excludes halogenated alkanes) is 1. The van der Waals surface area contributed by atoms with Crippen LogP contribution in [0.25, 0.3) is 22.4 Å². The van der Waals surface area contributed by atoms with Crippen LogP contribution in [0.15, 0.2) is 59.2 Å². The Morgan fingerprint density at radius 1 is 0.909 bits per heavy atom. The third kappa shape index (κ3) is 3.19. The van der Waals surface area contributed by atoms with Crippen molar-refractivity contribution in [2.75, 3.05) is 0 Å². The molecule has 0 saturated heterocycles. The Morgan fingerprint density at radius 2 is 1.50 bits per heavy atom. The quantitative estimate of drug-likeness (QED) is 0.715. The van der Waals surface area contributed by atoms with E-state index in [2.05, 4.69) is 24.0 Å². The average Bonchev–Trinajstić information content (AvgIpc) is 3.03. The fourth-order valence-electron chi connectivity index (χ4n) is 2.37. The summed E-state index contributed by atoms with van der Waals surface area (Å²) in [7, 11) is 0. The Kier molecular flexibility index (Phi) is 4.24. The molecule has 0 atom stereocenters. The van der Waals surface area contributed by atoms with Crippen LogP contribution in [0.2, 0.25) is 0 Å². The van der Waals surface area contributed by atoms with E-state index in [1.165, 1.54) is 0 Å². The SMILES string of the molecule is CCCCc1nc(-c2ccc(-c3ccc(O)cc3)cc2)co1. The lowest BCUT2D eigenvalue weighted by Crippen LogP contribution is -1.85. The Hall–Kier alpha value is -2.55. The highest BCUT2D eigenvalue weighted by atomic mass is 16.3. The number of aromatic hydroxyl groups is 1. The third-order valence-corrected chi connectivity index (χ3v) is 3.68. The van der Waals surface area contributed by atoms with Gasteiger partial charge in [-0.1, -0.05) is 49.7 Å². The molecule has 3 aromatic rings. The van der Waals surface area contributed by atoms with Gasteiger partial charge in [-0.15, -0.1) is 0 Å². The van der Waals surface area contributed by atoms with Crippen molar-refractivity contribution in [3.63, 3.8) is 0 Å². The number of aryl methyl sites for hydroxylation is 1. The molecule has 3 rings (SSSR count). The van der Waals surface area contributed by atoms with Crippen molar-refractivity contribution in [3.8, 4) is 28.1 Å². The summed E-state index contributed by atoms with van der Waals surface area (Å²) in [6, 6.07) is 15.4. The van der Waals surface area contributed by atoms with Gasteiger partial charge in [0.25, 0.3) is 0 Å². The van der Waals surface area contributed by atoms with E-state index in [1.807, 2.05) is 24.3 Å². The van der Waals surface area contributed by atoms with Crippen molar-refractivity contribution in [1.29, 1.82) is 0 Å². The minimum Gasteiger partial charge on any atom is -0.508 e. The van der Waals surface area contributed by atoms with Gasteiger partial charge in [0.2, 0.25) is 0 Å². The van der Waals surface area contributed by atoms with E-state index < -0.39 is 0 Å². The highest BCUT2D eigenvalue weighted by Gasteiger charge is 2.06. The van der Waals surface area contributed by atoms with Crippen LogP contribution in [0.1, 0.15) is 25.7 Å². The number of benzene rings is 2. The van der Waals surface area contributed by atoms with Crippen molar-refractivity contribution in [2.45, 2.75) is 26.2 Å². The molecule has 0 radical (unpaired) electrons. The molecule has 3 nitrogen and oxygen atoms in total. The highest BCUT2D eigenvalue weighted by Crippen LogP contribution is 2.26. The van der Waals surface area contributed by atoms with Gasteiger partial charge >= 0.3 is 0 Å². The lowest BCUT2D eigenvalue weighted by molar-refractivity contribution is 0.475. The molecule has 2 aromatic carbocycles. The topological polar surface area (TPSA) is 46.3 Å². The molecule has 0 amide bonds. The number of rotatable bonds is 5. The maximum absolute atomic E-state index is 9.34. The van der Waals surface area contributed by atoms with Crippen LogP contribution < -0.4 is 0 Å². The Balaban J connectivity index is 1.79. The van der Waals surface area contributed by atoms with Gasteiger partial charge in [-0.2, -0.15) is 0 Å². The lowest BCUT2D eigenvalue weighted by atomic mass is 10.0. The Labute approximate surface area is 130 Å². The van der Waals surface area contributed by atoms with Crippen LogP contribution in [0.3, 0.4) is 0 Å². The summed E-state index contributed by atoms with van der Waals surface area (Å²) in [5.74, 6) is 1.09. The minimum absolute atomic E-state index is 0.280. The van der Waals surface area contributed by atoms with Gasteiger partial charge in [-0.25, -0.2) is 4.98 Å². The van der Waals surface area contributed by atoms with Crippen LogP contribution in [0.4, 0.5) is 0 Å². The first-order valence-electron chi connectivity index (χ1n) is 7.60. The van der Waals surface area contributed by atoms with Crippen LogP contribution in [0, 0.1) is 0 Å². The summed E-state index contributed by atoms with van der Waals surface area (Å²) in [5.41, 5.74) is 4.11. The van der Waals surface area contributed by atoms with Crippen molar-refractivity contribution < 1.29 is 9.52 Å². The molecule has 22 heavy (non-hydrogen) atoms. The highest BCUT2D eigenvalue weighted by molar-refractivity contribution is 5.68. The molecule has 1 N–H and O–H groups in total. The predicted molar refractivity (Wildman–Crippen MR) is 87.7 cm³/mol. The summed E-state index contributed by atoms with van der Waals surface area (Å²) in [5, 5.41) is 9.34. The van der Waals surface area contributed by atoms with Crippen molar-refractivity contribution in [2.24, 2.45) is 0 Å². The molecule has 0 fully saturated rings. The Bertz CT molecular complexity index is 727.